The Hall–Kier alpha value is -0.370. The fraction of sp³-hybridized carbons (Fsp3) is 0.857. The summed E-state index contributed by atoms with van der Waals surface area (Å²) in [6.45, 7) is 0. The molecule has 2 rings (SSSR count). The van der Waals surface area contributed by atoms with Crippen molar-refractivity contribution in [2.24, 2.45) is 11.1 Å². The third-order valence-corrected chi connectivity index (χ3v) is 2.92. The van der Waals surface area contributed by atoms with Crippen LogP contribution in [0.2, 0.25) is 0 Å². The molecule has 0 aromatic heterocycles. The van der Waals surface area contributed by atoms with Crippen LogP contribution in [0.15, 0.2) is 0 Å². The molecule has 50 valence electrons. The van der Waals surface area contributed by atoms with Crippen molar-refractivity contribution in [2.45, 2.75) is 31.7 Å². The molecule has 2 fully saturated rings. The predicted octanol–water partition coefficient (Wildman–Crippen LogP) is 0.457. The molecule has 2 aliphatic rings. The quantitative estimate of drug-likeness (QED) is 0.511. The summed E-state index contributed by atoms with van der Waals surface area (Å²) >= 11 is 0. The molecule has 9 heavy (non-hydrogen) atoms. The maximum atomic E-state index is 11.0. The Morgan fingerprint density at radius 1 is 1.56 bits per heavy atom. The summed E-state index contributed by atoms with van der Waals surface area (Å²) in [6, 6.07) is 0.207. The average molecular weight is 125 g/mol. The van der Waals surface area contributed by atoms with Gasteiger partial charge in [0.15, 0.2) is 0 Å². The molecule has 0 amide bonds. The van der Waals surface area contributed by atoms with Crippen LogP contribution in [-0.4, -0.2) is 11.8 Å². The van der Waals surface area contributed by atoms with Gasteiger partial charge < -0.3 is 5.73 Å². The van der Waals surface area contributed by atoms with E-state index in [-0.39, 0.29) is 11.5 Å². The monoisotopic (exact) mass is 125 g/mol. The van der Waals surface area contributed by atoms with Gasteiger partial charge in [0, 0.05) is 17.9 Å². The number of Topliss-reactive ketones (excluding diaryl/α,β-unsaturated/α-hetero) is 1. The van der Waals surface area contributed by atoms with Crippen molar-refractivity contribution in [1.29, 1.82) is 0 Å². The van der Waals surface area contributed by atoms with Gasteiger partial charge in [-0.3, -0.25) is 4.79 Å². The molecule has 2 aliphatic carbocycles. The first-order valence-corrected chi connectivity index (χ1v) is 3.55. The zero-order valence-electron chi connectivity index (χ0n) is 5.39. The molecule has 0 aliphatic heterocycles. The van der Waals surface area contributed by atoms with E-state index in [1.807, 2.05) is 0 Å². The van der Waals surface area contributed by atoms with Crippen LogP contribution in [0.25, 0.3) is 0 Å². The fourth-order valence-electron chi connectivity index (χ4n) is 1.88. The van der Waals surface area contributed by atoms with Gasteiger partial charge in [-0.25, -0.2) is 0 Å². The first kappa shape index (κ1) is 5.42. The summed E-state index contributed by atoms with van der Waals surface area (Å²) in [7, 11) is 0. The van der Waals surface area contributed by atoms with E-state index in [2.05, 4.69) is 0 Å². The first-order valence-electron chi connectivity index (χ1n) is 3.55. The van der Waals surface area contributed by atoms with Gasteiger partial charge in [-0.1, -0.05) is 6.42 Å². The van der Waals surface area contributed by atoms with Crippen molar-refractivity contribution in [1.82, 2.24) is 0 Å². The second kappa shape index (κ2) is 1.37. The summed E-state index contributed by atoms with van der Waals surface area (Å²) < 4.78 is 0. The Kier molecular flexibility index (Phi) is 0.826. The van der Waals surface area contributed by atoms with Crippen molar-refractivity contribution in [3.8, 4) is 0 Å². The second-order valence-corrected chi connectivity index (χ2v) is 3.24. The second-order valence-electron chi connectivity index (χ2n) is 3.24. The minimum Gasteiger partial charge on any atom is -0.326 e. The number of hydrogen-bond donors (Lipinski definition) is 1. The largest absolute Gasteiger partial charge is 0.326 e. The average Bonchev–Trinajstić information content (AvgIpc) is 1.60. The van der Waals surface area contributed by atoms with E-state index in [0.29, 0.717) is 12.2 Å². The number of rotatable bonds is 0. The Bertz CT molecular complexity index is 160. The van der Waals surface area contributed by atoms with Crippen LogP contribution in [0.4, 0.5) is 0 Å². The Balaban J connectivity index is 2.17. The molecule has 0 aromatic rings. The van der Waals surface area contributed by atoms with Gasteiger partial charge in [-0.2, -0.15) is 0 Å². The van der Waals surface area contributed by atoms with Gasteiger partial charge in [-0.15, -0.1) is 0 Å². The SMILES string of the molecule is N[C@H]1CC(=O)C12CCC2. The molecule has 2 N–H and O–H groups in total. The van der Waals surface area contributed by atoms with Gasteiger partial charge in [0.05, 0.1) is 0 Å². The summed E-state index contributed by atoms with van der Waals surface area (Å²) in [6.07, 6.45) is 3.97. The van der Waals surface area contributed by atoms with Gasteiger partial charge >= 0.3 is 0 Å². The lowest BCUT2D eigenvalue weighted by atomic mass is 9.52. The van der Waals surface area contributed by atoms with Gasteiger partial charge in [0.2, 0.25) is 0 Å². The molecular formula is C7H11NO. The number of hydrogen-bond acceptors (Lipinski definition) is 2. The molecule has 0 radical (unpaired) electrons. The van der Waals surface area contributed by atoms with Crippen molar-refractivity contribution in [3.05, 3.63) is 0 Å². The van der Waals surface area contributed by atoms with E-state index in [1.165, 1.54) is 6.42 Å². The molecular weight excluding hydrogens is 114 g/mol. The minimum atomic E-state index is 0. The molecule has 2 heteroatoms. The molecule has 2 nitrogen and oxygen atoms in total. The lowest BCUT2D eigenvalue weighted by Crippen LogP contribution is -2.62. The molecule has 0 bridgehead atoms. The highest BCUT2D eigenvalue weighted by Crippen LogP contribution is 2.52. The highest BCUT2D eigenvalue weighted by Gasteiger charge is 2.56. The third-order valence-electron chi connectivity index (χ3n) is 2.92. The number of carbonyl (C=O) groups is 1. The normalized spacial score (nSPS) is 37.9. The van der Waals surface area contributed by atoms with Crippen molar-refractivity contribution >= 4 is 5.78 Å². The summed E-state index contributed by atoms with van der Waals surface area (Å²) in [5.41, 5.74) is 5.69. The van der Waals surface area contributed by atoms with E-state index >= 15 is 0 Å². The molecule has 1 atom stereocenters. The maximum absolute atomic E-state index is 11.0. The molecule has 0 unspecified atom stereocenters. The van der Waals surface area contributed by atoms with E-state index in [1.54, 1.807) is 0 Å². The molecule has 0 heterocycles. The number of carbonyl (C=O) groups excluding carboxylic acids is 1. The van der Waals surface area contributed by atoms with Crippen LogP contribution in [0.3, 0.4) is 0 Å². The summed E-state index contributed by atoms with van der Waals surface area (Å²) in [5, 5.41) is 0. The van der Waals surface area contributed by atoms with Crippen LogP contribution in [-0.2, 0) is 4.79 Å². The zero-order chi connectivity index (χ0) is 6.48. The van der Waals surface area contributed by atoms with Crippen LogP contribution < -0.4 is 5.73 Å². The Labute approximate surface area is 54.4 Å². The van der Waals surface area contributed by atoms with Gasteiger partial charge in [0.25, 0.3) is 0 Å². The van der Waals surface area contributed by atoms with Crippen LogP contribution in [0, 0.1) is 5.41 Å². The highest BCUT2D eigenvalue weighted by molar-refractivity contribution is 5.93. The number of ketones is 1. The Morgan fingerprint density at radius 3 is 2.33 bits per heavy atom. The molecule has 0 aromatic carbocycles. The topological polar surface area (TPSA) is 43.1 Å². The first-order chi connectivity index (χ1) is 4.26. The van der Waals surface area contributed by atoms with Crippen molar-refractivity contribution in [2.75, 3.05) is 0 Å². The third kappa shape index (κ3) is 0.433. The van der Waals surface area contributed by atoms with Crippen molar-refractivity contribution < 1.29 is 4.79 Å². The lowest BCUT2D eigenvalue weighted by molar-refractivity contribution is -0.148. The van der Waals surface area contributed by atoms with E-state index in [9.17, 15) is 4.79 Å². The van der Waals surface area contributed by atoms with E-state index in [0.717, 1.165) is 12.8 Å². The predicted molar refractivity (Wildman–Crippen MR) is 33.9 cm³/mol. The smallest absolute Gasteiger partial charge is 0.142 e. The summed E-state index contributed by atoms with van der Waals surface area (Å²) in [4.78, 5) is 11.0. The molecule has 2 saturated carbocycles. The summed E-state index contributed by atoms with van der Waals surface area (Å²) in [5.74, 6) is 0.418. The minimum absolute atomic E-state index is 0. The number of nitrogens with two attached hydrogens (primary N) is 1. The lowest BCUT2D eigenvalue weighted by Gasteiger charge is -2.52. The van der Waals surface area contributed by atoms with E-state index < -0.39 is 0 Å². The van der Waals surface area contributed by atoms with Crippen LogP contribution in [0.1, 0.15) is 25.7 Å². The fourth-order valence-corrected chi connectivity index (χ4v) is 1.88. The van der Waals surface area contributed by atoms with E-state index in [4.69, 9.17) is 5.73 Å². The highest BCUT2D eigenvalue weighted by atomic mass is 16.1. The Morgan fingerprint density at radius 2 is 2.22 bits per heavy atom. The maximum Gasteiger partial charge on any atom is 0.142 e. The van der Waals surface area contributed by atoms with Gasteiger partial charge in [-0.05, 0) is 12.8 Å². The van der Waals surface area contributed by atoms with Crippen LogP contribution >= 0.6 is 0 Å². The van der Waals surface area contributed by atoms with Gasteiger partial charge in [0.1, 0.15) is 5.78 Å². The van der Waals surface area contributed by atoms with Crippen molar-refractivity contribution in [3.63, 3.8) is 0 Å². The molecule has 1 spiro atoms. The zero-order valence-corrected chi connectivity index (χ0v) is 5.39. The molecule has 0 saturated heterocycles. The van der Waals surface area contributed by atoms with Crippen LogP contribution in [0.5, 0.6) is 0 Å². The standard InChI is InChI=1S/C7H11NO/c8-5-4-6(9)7(5)2-1-3-7/h5H,1-4,8H2/t5-/m0/s1.